The number of Topliss-reactive ketones (excluding diaryl/α,β-unsaturated/α-hetero) is 1. The molecule has 0 spiro atoms. The minimum absolute atomic E-state index is 0.0412. The van der Waals surface area contributed by atoms with Crippen molar-refractivity contribution in [3.8, 4) is 0 Å². The van der Waals surface area contributed by atoms with E-state index in [0.717, 1.165) is 17.7 Å². The van der Waals surface area contributed by atoms with Crippen LogP contribution in [0.4, 0.5) is 5.69 Å². The number of hydrogen-bond acceptors (Lipinski definition) is 4. The van der Waals surface area contributed by atoms with Gasteiger partial charge in [-0.3, -0.25) is 9.59 Å². The van der Waals surface area contributed by atoms with Crippen LogP contribution in [0.25, 0.3) is 0 Å². The lowest BCUT2D eigenvalue weighted by molar-refractivity contribution is -0.112. The van der Waals surface area contributed by atoms with Crippen LogP contribution >= 0.6 is 24.8 Å². The molecule has 0 saturated heterocycles. The largest absolute Gasteiger partial charge is 0.378 e. The number of anilines is 1. The lowest BCUT2D eigenvalue weighted by Gasteiger charge is -2.18. The first-order chi connectivity index (χ1) is 13.4. The fraction of sp³-hybridized carbons (Fsp3) is 0.318. The molecular weight excluding hydrogens is 388 g/mol. The van der Waals surface area contributed by atoms with E-state index < -0.39 is 6.04 Å². The first-order valence-electron chi connectivity index (χ1n) is 9.23. The van der Waals surface area contributed by atoms with E-state index in [1.54, 1.807) is 12.1 Å². The second-order valence-corrected chi connectivity index (χ2v) is 7.78. The zero-order chi connectivity index (χ0) is 20.5. The van der Waals surface area contributed by atoms with E-state index in [2.05, 4.69) is 42.2 Å². The van der Waals surface area contributed by atoms with Crippen molar-refractivity contribution < 1.29 is 9.59 Å². The highest BCUT2D eigenvalue weighted by Gasteiger charge is 2.17. The zero-order valence-electron chi connectivity index (χ0n) is 16.2. The molecule has 28 heavy (non-hydrogen) atoms. The summed E-state index contributed by atoms with van der Waals surface area (Å²) in [6.07, 6.45) is 2.06. The molecule has 2 aromatic rings. The van der Waals surface area contributed by atoms with Crippen LogP contribution in [0, 0.1) is 0 Å². The average molecular weight is 415 g/mol. The second-order valence-electron chi connectivity index (χ2n) is 6.85. The van der Waals surface area contributed by atoms with Crippen molar-refractivity contribution in [2.45, 2.75) is 31.7 Å². The van der Waals surface area contributed by atoms with Gasteiger partial charge in [-0.15, -0.1) is 12.6 Å². The normalized spacial score (nSPS) is 11.5. The maximum atomic E-state index is 12.2. The van der Waals surface area contributed by atoms with Gasteiger partial charge in [-0.2, -0.15) is 0 Å². The summed E-state index contributed by atoms with van der Waals surface area (Å²) in [6.45, 7) is 0. The van der Waals surface area contributed by atoms with E-state index >= 15 is 0 Å². The Hall–Kier alpha value is -2.18. The molecule has 0 aliphatic carbocycles. The number of carbonyl (C=O) groups is 2. The monoisotopic (exact) mass is 414 g/mol. The Morgan fingerprint density at radius 1 is 1.04 bits per heavy atom. The lowest BCUT2D eigenvalue weighted by Crippen LogP contribution is -2.38. The standard InChI is InChI=1S/C22H26N2O2S2/c1-24(2)18-11-8-16(9-12-18)10-13-19(22(26)28)23-21(27)15-14-20(25)17-6-4-3-5-7-17/h3-9,11-12,19H,10,13-15H2,1-2H3,(H,23,27)(H,26,28)/t19-/m1/s1. The van der Waals surface area contributed by atoms with Crippen LogP contribution in [0.15, 0.2) is 54.6 Å². The Kier molecular flexibility index (Phi) is 8.67. The third-order valence-electron chi connectivity index (χ3n) is 4.48. The summed E-state index contributed by atoms with van der Waals surface area (Å²) in [5.41, 5.74) is 2.96. The van der Waals surface area contributed by atoms with Gasteiger partial charge in [0, 0.05) is 38.2 Å². The van der Waals surface area contributed by atoms with Crippen LogP contribution in [-0.2, 0) is 11.2 Å². The molecule has 0 heterocycles. The van der Waals surface area contributed by atoms with Crippen LogP contribution in [0.3, 0.4) is 0 Å². The Morgan fingerprint density at radius 2 is 1.68 bits per heavy atom. The number of nitrogens with zero attached hydrogens (tertiary/aromatic N) is 1. The van der Waals surface area contributed by atoms with E-state index in [1.165, 1.54) is 0 Å². The summed E-state index contributed by atoms with van der Waals surface area (Å²) in [5, 5.41) is 2.82. The van der Waals surface area contributed by atoms with Crippen molar-refractivity contribution in [1.82, 2.24) is 5.32 Å². The first kappa shape index (κ1) is 22.1. The molecule has 1 atom stereocenters. The van der Waals surface area contributed by atoms with Crippen LogP contribution in [-0.4, -0.2) is 36.0 Å². The molecule has 2 aromatic carbocycles. The molecule has 0 unspecified atom stereocenters. The van der Waals surface area contributed by atoms with Gasteiger partial charge in [0.25, 0.3) is 0 Å². The Labute approximate surface area is 177 Å². The van der Waals surface area contributed by atoms with Crippen molar-refractivity contribution in [3.05, 3.63) is 65.7 Å². The summed E-state index contributed by atoms with van der Waals surface area (Å²) in [6, 6.07) is 16.9. The molecule has 4 nitrogen and oxygen atoms in total. The number of ketones is 1. The van der Waals surface area contributed by atoms with E-state index in [4.69, 9.17) is 12.2 Å². The molecule has 0 bridgehead atoms. The molecule has 0 aromatic heterocycles. The third-order valence-corrected chi connectivity index (χ3v) is 5.12. The summed E-state index contributed by atoms with van der Waals surface area (Å²) in [4.78, 5) is 26.6. The molecule has 0 fully saturated rings. The van der Waals surface area contributed by atoms with Gasteiger partial charge < -0.3 is 10.2 Å². The van der Waals surface area contributed by atoms with E-state index in [0.29, 0.717) is 29.8 Å². The van der Waals surface area contributed by atoms with Gasteiger partial charge in [0.2, 0.25) is 5.12 Å². The van der Waals surface area contributed by atoms with Gasteiger partial charge in [-0.25, -0.2) is 0 Å². The zero-order valence-corrected chi connectivity index (χ0v) is 17.9. The Morgan fingerprint density at radius 3 is 2.25 bits per heavy atom. The van der Waals surface area contributed by atoms with E-state index in [9.17, 15) is 9.59 Å². The number of carbonyl (C=O) groups excluding carboxylic acids is 2. The molecule has 0 aliphatic rings. The predicted molar refractivity (Wildman–Crippen MR) is 123 cm³/mol. The maximum absolute atomic E-state index is 12.2. The smallest absolute Gasteiger partial charge is 0.208 e. The van der Waals surface area contributed by atoms with Crippen molar-refractivity contribution in [2.24, 2.45) is 0 Å². The molecule has 0 aliphatic heterocycles. The van der Waals surface area contributed by atoms with Gasteiger partial charge in [-0.1, -0.05) is 54.7 Å². The van der Waals surface area contributed by atoms with Crippen LogP contribution < -0.4 is 10.2 Å². The fourth-order valence-electron chi connectivity index (χ4n) is 2.79. The topological polar surface area (TPSA) is 49.4 Å². The van der Waals surface area contributed by atoms with E-state index in [-0.39, 0.29) is 10.9 Å². The molecule has 6 heteroatoms. The van der Waals surface area contributed by atoms with E-state index in [1.807, 2.05) is 37.2 Å². The second kappa shape index (κ2) is 11.0. The molecule has 0 amide bonds. The lowest BCUT2D eigenvalue weighted by atomic mass is 10.0. The molecular formula is C22H26N2O2S2. The quantitative estimate of drug-likeness (QED) is 0.348. The van der Waals surface area contributed by atoms with Gasteiger partial charge in [0.05, 0.1) is 11.0 Å². The van der Waals surface area contributed by atoms with Crippen LogP contribution in [0.1, 0.15) is 35.2 Å². The number of aryl methyl sites for hydroxylation is 1. The average Bonchev–Trinajstić information content (AvgIpc) is 2.70. The molecule has 2 rings (SSSR count). The number of hydrogen-bond donors (Lipinski definition) is 2. The van der Waals surface area contributed by atoms with Crippen molar-refractivity contribution >= 4 is 46.4 Å². The van der Waals surface area contributed by atoms with Crippen molar-refractivity contribution in [2.75, 3.05) is 19.0 Å². The van der Waals surface area contributed by atoms with Crippen molar-refractivity contribution in [1.29, 1.82) is 0 Å². The molecule has 148 valence electrons. The number of nitrogens with one attached hydrogen (secondary N) is 1. The summed E-state index contributed by atoms with van der Waals surface area (Å²) < 4.78 is 0. The SMILES string of the molecule is CN(C)c1ccc(CC[C@@H](NC(=S)CCC(=O)c2ccccc2)C(=O)S)cc1. The summed E-state index contributed by atoms with van der Waals surface area (Å²) in [7, 11) is 4.00. The number of thiocarbonyl (C=S) groups is 1. The fourth-order valence-corrected chi connectivity index (χ4v) is 3.23. The minimum Gasteiger partial charge on any atom is -0.378 e. The predicted octanol–water partition coefficient (Wildman–Crippen LogP) is 4.09. The highest BCUT2D eigenvalue weighted by Crippen LogP contribution is 2.15. The minimum atomic E-state index is -0.462. The van der Waals surface area contributed by atoms with Crippen LogP contribution in [0.5, 0.6) is 0 Å². The first-order valence-corrected chi connectivity index (χ1v) is 10.1. The van der Waals surface area contributed by atoms with Gasteiger partial charge in [0.1, 0.15) is 0 Å². The molecule has 0 radical (unpaired) electrons. The molecule has 1 N–H and O–H groups in total. The highest BCUT2D eigenvalue weighted by atomic mass is 32.1. The summed E-state index contributed by atoms with van der Waals surface area (Å²) in [5.74, 6) is 0.0412. The Bertz CT molecular complexity index is 805. The van der Waals surface area contributed by atoms with Gasteiger partial charge in [0.15, 0.2) is 5.78 Å². The Balaban J connectivity index is 1.83. The molecule has 0 saturated carbocycles. The van der Waals surface area contributed by atoms with Crippen molar-refractivity contribution in [3.63, 3.8) is 0 Å². The highest BCUT2D eigenvalue weighted by molar-refractivity contribution is 7.96. The van der Waals surface area contributed by atoms with Gasteiger partial charge in [-0.05, 0) is 30.5 Å². The third kappa shape index (κ3) is 7.09. The summed E-state index contributed by atoms with van der Waals surface area (Å²) >= 11 is 9.33. The number of rotatable bonds is 10. The van der Waals surface area contributed by atoms with Crippen LogP contribution in [0.2, 0.25) is 0 Å². The number of thiol groups is 1. The van der Waals surface area contributed by atoms with Gasteiger partial charge >= 0.3 is 0 Å². The maximum Gasteiger partial charge on any atom is 0.208 e. The number of benzene rings is 2.